The molecule has 4 heteroatoms. The van der Waals surface area contributed by atoms with Crippen molar-refractivity contribution < 1.29 is 14.6 Å². The number of aliphatic hydroxyl groups is 1. The molecule has 4 nitrogen and oxygen atoms in total. The predicted molar refractivity (Wildman–Crippen MR) is 80.4 cm³/mol. The van der Waals surface area contributed by atoms with Crippen LogP contribution in [0, 0.1) is 5.41 Å². The Morgan fingerprint density at radius 1 is 1.38 bits per heavy atom. The Hall–Kier alpha value is -1.55. The summed E-state index contributed by atoms with van der Waals surface area (Å²) in [7, 11) is 1.59. The minimum absolute atomic E-state index is 0.0509. The van der Waals surface area contributed by atoms with E-state index in [1.54, 1.807) is 7.11 Å². The summed E-state index contributed by atoms with van der Waals surface area (Å²) in [5.41, 5.74) is 0.686. The maximum Gasteiger partial charge on any atom is 0.257 e. The third-order valence-electron chi connectivity index (χ3n) is 5.18. The van der Waals surface area contributed by atoms with Crippen molar-refractivity contribution in [1.29, 1.82) is 0 Å². The number of methoxy groups -OCH3 is 1. The van der Waals surface area contributed by atoms with E-state index >= 15 is 0 Å². The number of ether oxygens (including phenoxy) is 1. The van der Waals surface area contributed by atoms with Gasteiger partial charge in [0.25, 0.3) is 5.91 Å². The van der Waals surface area contributed by atoms with Crippen LogP contribution in [0.15, 0.2) is 24.3 Å². The van der Waals surface area contributed by atoms with Crippen molar-refractivity contribution in [3.8, 4) is 5.75 Å². The van der Waals surface area contributed by atoms with Gasteiger partial charge in [0.1, 0.15) is 5.75 Å². The van der Waals surface area contributed by atoms with Gasteiger partial charge in [-0.1, -0.05) is 19.1 Å². The first-order valence-electron chi connectivity index (χ1n) is 7.67. The molecule has 2 fully saturated rings. The molecule has 1 aliphatic heterocycles. The number of hydrogen-bond donors (Lipinski definition) is 1. The molecule has 2 aliphatic rings. The zero-order valence-electron chi connectivity index (χ0n) is 12.7. The summed E-state index contributed by atoms with van der Waals surface area (Å²) in [4.78, 5) is 14.9. The normalized spacial score (nSPS) is 31.9. The average molecular weight is 289 g/mol. The molecule has 1 aromatic carbocycles. The summed E-state index contributed by atoms with van der Waals surface area (Å²) in [5, 5.41) is 9.92. The lowest BCUT2D eigenvalue weighted by Crippen LogP contribution is -2.46. The van der Waals surface area contributed by atoms with E-state index in [0.29, 0.717) is 11.3 Å². The number of aliphatic hydroxyl groups excluding tert-OH is 1. The van der Waals surface area contributed by atoms with Gasteiger partial charge in [0.2, 0.25) is 0 Å². The number of likely N-dealkylation sites (tertiary alicyclic amines) is 1. The Morgan fingerprint density at radius 2 is 2.14 bits per heavy atom. The van der Waals surface area contributed by atoms with Crippen LogP contribution in [0.25, 0.3) is 0 Å². The second kappa shape index (κ2) is 5.34. The first kappa shape index (κ1) is 14.4. The monoisotopic (exact) mass is 289 g/mol. The summed E-state index contributed by atoms with van der Waals surface area (Å²) >= 11 is 0. The molecule has 21 heavy (non-hydrogen) atoms. The molecule has 1 saturated carbocycles. The minimum Gasteiger partial charge on any atom is -0.496 e. The third-order valence-corrected chi connectivity index (χ3v) is 5.18. The number of rotatable bonds is 2. The Bertz CT molecular complexity index is 545. The number of benzene rings is 1. The minimum atomic E-state index is -0.215. The van der Waals surface area contributed by atoms with E-state index in [4.69, 9.17) is 4.74 Å². The van der Waals surface area contributed by atoms with E-state index in [2.05, 4.69) is 6.92 Å². The highest BCUT2D eigenvalue weighted by molar-refractivity contribution is 5.97. The largest absolute Gasteiger partial charge is 0.496 e. The molecule has 0 bridgehead atoms. The Morgan fingerprint density at radius 3 is 2.90 bits per heavy atom. The topological polar surface area (TPSA) is 49.8 Å². The molecule has 1 aromatic rings. The zero-order chi connectivity index (χ0) is 15.0. The lowest BCUT2D eigenvalue weighted by Gasteiger charge is -2.41. The molecular weight excluding hydrogens is 266 g/mol. The van der Waals surface area contributed by atoms with Crippen LogP contribution < -0.4 is 4.74 Å². The molecule has 0 aromatic heterocycles. The number of carbonyl (C=O) groups excluding carboxylic acids is 1. The highest BCUT2D eigenvalue weighted by Crippen LogP contribution is 2.47. The fraction of sp³-hybridized carbons (Fsp3) is 0.588. The predicted octanol–water partition coefficient (Wildman–Crippen LogP) is 2.46. The van der Waals surface area contributed by atoms with Crippen molar-refractivity contribution in [2.24, 2.45) is 5.41 Å². The van der Waals surface area contributed by atoms with Gasteiger partial charge in [-0.3, -0.25) is 4.79 Å². The lowest BCUT2D eigenvalue weighted by molar-refractivity contribution is 0.0210. The Kier molecular flexibility index (Phi) is 3.66. The number of fused-ring (bicyclic) bond motifs is 1. The standard InChI is InChI=1S/C17H23NO3/c1-17-9-10-18(15(17)8-7-12(19)11-17)16(20)13-5-3-4-6-14(13)21-2/h3-6,12,15,19H,7-11H2,1-2H3/t12-,15-,17+/m1/s1. The number of carbonyl (C=O) groups is 1. The van der Waals surface area contributed by atoms with Crippen LogP contribution in [0.1, 0.15) is 43.0 Å². The van der Waals surface area contributed by atoms with Crippen LogP contribution in [-0.2, 0) is 0 Å². The number of hydrogen-bond acceptors (Lipinski definition) is 3. The van der Waals surface area contributed by atoms with Crippen molar-refractivity contribution in [2.75, 3.05) is 13.7 Å². The molecule has 1 heterocycles. The molecule has 3 rings (SSSR count). The first-order chi connectivity index (χ1) is 10.0. The summed E-state index contributed by atoms with van der Waals surface area (Å²) in [6.07, 6.45) is 3.23. The molecule has 3 atom stereocenters. The fourth-order valence-electron chi connectivity index (χ4n) is 4.03. The highest BCUT2D eigenvalue weighted by atomic mass is 16.5. The van der Waals surface area contributed by atoms with E-state index in [0.717, 1.165) is 32.2 Å². The van der Waals surface area contributed by atoms with Crippen molar-refractivity contribution in [3.63, 3.8) is 0 Å². The molecule has 0 unspecified atom stereocenters. The molecule has 1 amide bonds. The zero-order valence-corrected chi connectivity index (χ0v) is 12.7. The number of nitrogens with zero attached hydrogens (tertiary/aromatic N) is 1. The Balaban J connectivity index is 1.86. The van der Waals surface area contributed by atoms with Gasteiger partial charge in [0, 0.05) is 12.6 Å². The van der Waals surface area contributed by atoms with Crippen LogP contribution in [0.4, 0.5) is 0 Å². The van der Waals surface area contributed by atoms with E-state index < -0.39 is 0 Å². The molecule has 1 aliphatic carbocycles. The quantitative estimate of drug-likeness (QED) is 0.910. The van der Waals surface area contributed by atoms with Crippen LogP contribution in [0.2, 0.25) is 0 Å². The highest BCUT2D eigenvalue weighted by Gasteiger charge is 2.49. The van der Waals surface area contributed by atoms with E-state index in [1.807, 2.05) is 29.2 Å². The van der Waals surface area contributed by atoms with Crippen molar-refractivity contribution in [3.05, 3.63) is 29.8 Å². The smallest absolute Gasteiger partial charge is 0.257 e. The van der Waals surface area contributed by atoms with E-state index in [1.165, 1.54) is 0 Å². The van der Waals surface area contributed by atoms with Gasteiger partial charge < -0.3 is 14.7 Å². The number of para-hydroxylation sites is 1. The molecule has 0 radical (unpaired) electrons. The van der Waals surface area contributed by atoms with Gasteiger partial charge in [-0.25, -0.2) is 0 Å². The van der Waals surface area contributed by atoms with Crippen molar-refractivity contribution in [1.82, 2.24) is 4.90 Å². The van der Waals surface area contributed by atoms with Gasteiger partial charge in [0.15, 0.2) is 0 Å². The molecular formula is C17H23NO3. The van der Waals surface area contributed by atoms with Crippen LogP contribution in [0.3, 0.4) is 0 Å². The van der Waals surface area contributed by atoms with Gasteiger partial charge in [-0.2, -0.15) is 0 Å². The van der Waals surface area contributed by atoms with Gasteiger partial charge in [0.05, 0.1) is 18.8 Å². The van der Waals surface area contributed by atoms with Gasteiger partial charge in [-0.05, 0) is 43.2 Å². The lowest BCUT2D eigenvalue weighted by atomic mass is 9.71. The van der Waals surface area contributed by atoms with Crippen LogP contribution in [-0.4, -0.2) is 41.7 Å². The maximum absolute atomic E-state index is 12.9. The fourth-order valence-corrected chi connectivity index (χ4v) is 4.03. The van der Waals surface area contributed by atoms with E-state index in [-0.39, 0.29) is 23.5 Å². The van der Waals surface area contributed by atoms with Crippen LogP contribution >= 0.6 is 0 Å². The van der Waals surface area contributed by atoms with Gasteiger partial charge >= 0.3 is 0 Å². The van der Waals surface area contributed by atoms with Crippen LogP contribution in [0.5, 0.6) is 5.75 Å². The summed E-state index contributed by atoms with van der Waals surface area (Å²) in [5.74, 6) is 0.685. The summed E-state index contributed by atoms with van der Waals surface area (Å²) in [6.45, 7) is 2.97. The Labute approximate surface area is 125 Å². The number of amides is 1. The maximum atomic E-state index is 12.9. The summed E-state index contributed by atoms with van der Waals surface area (Å²) in [6, 6.07) is 7.64. The molecule has 1 saturated heterocycles. The molecule has 0 spiro atoms. The average Bonchev–Trinajstić information content (AvgIpc) is 2.82. The second-order valence-corrected chi connectivity index (χ2v) is 6.55. The molecule has 1 N–H and O–H groups in total. The molecule has 114 valence electrons. The van der Waals surface area contributed by atoms with Crippen molar-refractivity contribution >= 4 is 5.91 Å². The first-order valence-corrected chi connectivity index (χ1v) is 7.67. The van der Waals surface area contributed by atoms with Crippen molar-refractivity contribution in [2.45, 2.75) is 44.8 Å². The third kappa shape index (κ3) is 2.42. The van der Waals surface area contributed by atoms with Gasteiger partial charge in [-0.15, -0.1) is 0 Å². The van der Waals surface area contributed by atoms with E-state index in [9.17, 15) is 9.90 Å². The second-order valence-electron chi connectivity index (χ2n) is 6.55. The summed E-state index contributed by atoms with van der Waals surface area (Å²) < 4.78 is 5.32. The SMILES string of the molecule is COc1ccccc1C(=O)N1CC[C@@]2(C)C[C@H](O)CC[C@@H]12.